The molecule has 0 bridgehead atoms. The Hall–Kier alpha value is -2.49. The van der Waals surface area contributed by atoms with E-state index in [0.717, 1.165) is 5.56 Å². The predicted octanol–water partition coefficient (Wildman–Crippen LogP) is 4.35. The summed E-state index contributed by atoms with van der Waals surface area (Å²) in [6.07, 6.45) is 0.00763. The molecule has 0 saturated heterocycles. The summed E-state index contributed by atoms with van der Waals surface area (Å²) in [5.41, 5.74) is 3.50. The summed E-state index contributed by atoms with van der Waals surface area (Å²) in [6, 6.07) is 13.5. The molecule has 2 aromatic rings. The van der Waals surface area contributed by atoms with Crippen molar-refractivity contribution in [3.05, 3.63) is 59.2 Å². The Bertz CT molecular complexity index is 727. The molecule has 0 heterocycles. The maximum absolute atomic E-state index is 12.7. The maximum Gasteiger partial charge on any atom is 0.261 e. The van der Waals surface area contributed by atoms with E-state index in [2.05, 4.69) is 37.4 Å². The summed E-state index contributed by atoms with van der Waals surface area (Å²) in [7, 11) is 1.59. The lowest BCUT2D eigenvalue weighted by Crippen LogP contribution is -2.39. The van der Waals surface area contributed by atoms with E-state index in [9.17, 15) is 4.79 Å². The molecule has 0 spiro atoms. The number of nitrogens with one attached hydrogen (secondary N) is 1. The number of para-hydroxylation sites is 2. The van der Waals surface area contributed by atoms with Gasteiger partial charge in [-0.25, -0.2) is 0 Å². The van der Waals surface area contributed by atoms with Crippen LogP contribution in [0.4, 0.5) is 0 Å². The van der Waals surface area contributed by atoms with Gasteiger partial charge in [-0.3, -0.25) is 4.79 Å². The van der Waals surface area contributed by atoms with Crippen molar-refractivity contribution >= 4 is 5.91 Å². The number of aryl methyl sites for hydroxylation is 2. The molecule has 1 N–H and O–H groups in total. The summed E-state index contributed by atoms with van der Waals surface area (Å²) < 4.78 is 11.2. The third-order valence-electron chi connectivity index (χ3n) is 4.25. The first-order chi connectivity index (χ1) is 12.0. The predicted molar refractivity (Wildman–Crippen MR) is 100 cm³/mol. The van der Waals surface area contributed by atoms with E-state index >= 15 is 0 Å². The Balaban J connectivity index is 2.09. The molecule has 0 aromatic heterocycles. The highest BCUT2D eigenvalue weighted by Gasteiger charge is 2.22. The van der Waals surface area contributed by atoms with Gasteiger partial charge in [0.05, 0.1) is 13.2 Å². The summed E-state index contributed by atoms with van der Waals surface area (Å²) in [6.45, 7) is 8.05. The molecule has 25 heavy (non-hydrogen) atoms. The standard InChI is InChI=1S/C21H27NO3/c1-6-18(25-20-10-8-7-9-19(20)24-5)21(23)22-16(4)17-12-11-14(2)13-15(17)3/h7-13,16,18H,6H2,1-5H3,(H,22,23)/t16-,18+/m1/s1. The monoisotopic (exact) mass is 341 g/mol. The molecule has 0 radical (unpaired) electrons. The van der Waals surface area contributed by atoms with Crippen molar-refractivity contribution in [2.45, 2.75) is 46.3 Å². The van der Waals surface area contributed by atoms with E-state index in [1.807, 2.05) is 38.1 Å². The third-order valence-corrected chi connectivity index (χ3v) is 4.25. The largest absolute Gasteiger partial charge is 0.493 e. The Kier molecular flexibility index (Phi) is 6.45. The second-order valence-corrected chi connectivity index (χ2v) is 6.26. The Labute approximate surface area is 150 Å². The fourth-order valence-corrected chi connectivity index (χ4v) is 2.89. The van der Waals surface area contributed by atoms with Gasteiger partial charge in [0.2, 0.25) is 0 Å². The number of benzene rings is 2. The van der Waals surface area contributed by atoms with Crippen LogP contribution in [-0.2, 0) is 4.79 Å². The van der Waals surface area contributed by atoms with Crippen LogP contribution in [0.25, 0.3) is 0 Å². The minimum atomic E-state index is -0.565. The minimum Gasteiger partial charge on any atom is -0.493 e. The number of hydrogen-bond donors (Lipinski definition) is 1. The lowest BCUT2D eigenvalue weighted by Gasteiger charge is -2.22. The van der Waals surface area contributed by atoms with Crippen LogP contribution >= 0.6 is 0 Å². The van der Waals surface area contributed by atoms with Gasteiger partial charge in [-0.15, -0.1) is 0 Å². The van der Waals surface area contributed by atoms with Gasteiger partial charge in [0.25, 0.3) is 5.91 Å². The Morgan fingerprint density at radius 3 is 2.40 bits per heavy atom. The zero-order chi connectivity index (χ0) is 18.4. The minimum absolute atomic E-state index is 0.0802. The van der Waals surface area contributed by atoms with Crippen LogP contribution in [0.3, 0.4) is 0 Å². The first-order valence-electron chi connectivity index (χ1n) is 8.63. The van der Waals surface area contributed by atoms with Gasteiger partial charge in [-0.05, 0) is 50.5 Å². The number of amides is 1. The van der Waals surface area contributed by atoms with Crippen LogP contribution in [0.2, 0.25) is 0 Å². The second kappa shape index (κ2) is 8.56. The van der Waals surface area contributed by atoms with E-state index in [-0.39, 0.29) is 11.9 Å². The number of methoxy groups -OCH3 is 1. The van der Waals surface area contributed by atoms with Crippen molar-refractivity contribution in [2.24, 2.45) is 0 Å². The molecule has 2 aromatic carbocycles. The third kappa shape index (κ3) is 4.75. The van der Waals surface area contributed by atoms with Crippen LogP contribution in [0.15, 0.2) is 42.5 Å². The fraction of sp³-hybridized carbons (Fsp3) is 0.381. The first kappa shape index (κ1) is 18.8. The molecule has 0 unspecified atom stereocenters. The van der Waals surface area contributed by atoms with Crippen LogP contribution in [-0.4, -0.2) is 19.1 Å². The van der Waals surface area contributed by atoms with Gasteiger partial charge in [0.15, 0.2) is 17.6 Å². The van der Waals surface area contributed by atoms with Gasteiger partial charge in [0.1, 0.15) is 0 Å². The number of hydrogen-bond acceptors (Lipinski definition) is 3. The highest BCUT2D eigenvalue weighted by Crippen LogP contribution is 2.27. The summed E-state index contributed by atoms with van der Waals surface area (Å²) in [4.78, 5) is 12.7. The lowest BCUT2D eigenvalue weighted by molar-refractivity contribution is -0.128. The highest BCUT2D eigenvalue weighted by atomic mass is 16.5. The van der Waals surface area contributed by atoms with Crippen LogP contribution in [0, 0.1) is 13.8 Å². The summed E-state index contributed by atoms with van der Waals surface area (Å²) >= 11 is 0. The van der Waals surface area contributed by atoms with Gasteiger partial charge in [0, 0.05) is 0 Å². The molecular weight excluding hydrogens is 314 g/mol. The second-order valence-electron chi connectivity index (χ2n) is 6.26. The van der Waals surface area contributed by atoms with Crippen LogP contribution in [0.1, 0.15) is 43.0 Å². The van der Waals surface area contributed by atoms with Crippen molar-refractivity contribution in [2.75, 3.05) is 7.11 Å². The fourth-order valence-electron chi connectivity index (χ4n) is 2.89. The molecule has 4 heteroatoms. The quantitative estimate of drug-likeness (QED) is 0.814. The molecule has 0 aliphatic heterocycles. The molecule has 2 rings (SSSR count). The molecule has 134 valence electrons. The average molecular weight is 341 g/mol. The van der Waals surface area contributed by atoms with E-state index in [1.165, 1.54) is 11.1 Å². The highest BCUT2D eigenvalue weighted by molar-refractivity contribution is 5.81. The average Bonchev–Trinajstić information content (AvgIpc) is 2.59. The van der Waals surface area contributed by atoms with Crippen LogP contribution in [0.5, 0.6) is 11.5 Å². The van der Waals surface area contributed by atoms with Gasteiger partial charge in [-0.2, -0.15) is 0 Å². The summed E-state index contributed by atoms with van der Waals surface area (Å²) in [5.74, 6) is 1.07. The van der Waals surface area contributed by atoms with Gasteiger partial charge in [-0.1, -0.05) is 42.8 Å². The molecule has 0 aliphatic carbocycles. The smallest absolute Gasteiger partial charge is 0.261 e. The van der Waals surface area contributed by atoms with E-state index in [4.69, 9.17) is 9.47 Å². The molecule has 1 amide bonds. The topological polar surface area (TPSA) is 47.6 Å². The molecule has 4 nitrogen and oxygen atoms in total. The molecule has 2 atom stereocenters. The zero-order valence-electron chi connectivity index (χ0n) is 15.6. The maximum atomic E-state index is 12.7. The SMILES string of the molecule is CC[C@H](Oc1ccccc1OC)C(=O)N[C@H](C)c1ccc(C)cc1C. The van der Waals surface area contributed by atoms with E-state index in [1.54, 1.807) is 7.11 Å². The van der Waals surface area contributed by atoms with Crippen molar-refractivity contribution in [1.29, 1.82) is 0 Å². The molecule has 0 saturated carbocycles. The van der Waals surface area contributed by atoms with Crippen molar-refractivity contribution in [3.8, 4) is 11.5 Å². The molecule has 0 aliphatic rings. The van der Waals surface area contributed by atoms with Crippen LogP contribution < -0.4 is 14.8 Å². The normalized spacial score (nSPS) is 13.0. The van der Waals surface area contributed by atoms with Crippen molar-refractivity contribution in [3.63, 3.8) is 0 Å². The lowest BCUT2D eigenvalue weighted by atomic mass is 10.00. The first-order valence-corrected chi connectivity index (χ1v) is 8.63. The summed E-state index contributed by atoms with van der Waals surface area (Å²) in [5, 5.41) is 3.06. The molecular formula is C21H27NO3. The number of ether oxygens (including phenoxy) is 2. The number of rotatable bonds is 7. The number of carbonyl (C=O) groups excluding carboxylic acids is 1. The van der Waals surface area contributed by atoms with Crippen molar-refractivity contribution < 1.29 is 14.3 Å². The molecule has 0 fully saturated rings. The van der Waals surface area contributed by atoms with E-state index < -0.39 is 6.10 Å². The number of carbonyl (C=O) groups is 1. The Morgan fingerprint density at radius 2 is 1.80 bits per heavy atom. The Morgan fingerprint density at radius 1 is 1.12 bits per heavy atom. The zero-order valence-corrected chi connectivity index (χ0v) is 15.6. The van der Waals surface area contributed by atoms with Gasteiger partial charge < -0.3 is 14.8 Å². The van der Waals surface area contributed by atoms with Crippen molar-refractivity contribution in [1.82, 2.24) is 5.32 Å². The van der Waals surface area contributed by atoms with Gasteiger partial charge >= 0.3 is 0 Å². The van der Waals surface area contributed by atoms with E-state index in [0.29, 0.717) is 17.9 Å².